The van der Waals surface area contributed by atoms with Crippen LogP contribution in [0.3, 0.4) is 0 Å². The molecular weight excluding hydrogens is 506 g/mol. The first-order valence-corrected chi connectivity index (χ1v) is 13.2. The molecule has 0 unspecified atom stereocenters. The molecule has 0 radical (unpaired) electrons. The highest BCUT2D eigenvalue weighted by atomic mass is 16.6. The molecule has 0 atom stereocenters. The minimum absolute atomic E-state index is 0.0725. The highest BCUT2D eigenvalue weighted by Gasteiger charge is 2.24. The summed E-state index contributed by atoms with van der Waals surface area (Å²) in [6.45, 7) is 9.87. The molecule has 1 amide bonds. The Bertz CT molecular complexity index is 1510. The molecule has 2 heterocycles. The Morgan fingerprint density at radius 3 is 2.27 bits per heavy atom. The summed E-state index contributed by atoms with van der Waals surface area (Å²) in [5.74, 6) is 1.32. The molecule has 0 N–H and O–H groups in total. The van der Waals surface area contributed by atoms with E-state index in [4.69, 9.17) is 19.2 Å². The maximum Gasteiger partial charge on any atom is 0.410 e. The molecule has 4 aromatic rings. The smallest absolute Gasteiger partial charge is 0.410 e. The number of carbonyl (C=O) groups is 1. The van der Waals surface area contributed by atoms with E-state index >= 15 is 0 Å². The van der Waals surface area contributed by atoms with Crippen LogP contribution in [-0.2, 0) is 11.8 Å². The van der Waals surface area contributed by atoms with Gasteiger partial charge in [-0.2, -0.15) is 5.10 Å². The van der Waals surface area contributed by atoms with Crippen molar-refractivity contribution < 1.29 is 19.0 Å². The summed E-state index contributed by atoms with van der Waals surface area (Å²) in [5, 5.41) is 4.26. The van der Waals surface area contributed by atoms with Crippen LogP contribution in [-0.4, -0.2) is 63.1 Å². The van der Waals surface area contributed by atoms with Gasteiger partial charge in [0.1, 0.15) is 17.1 Å². The van der Waals surface area contributed by atoms with Crippen molar-refractivity contribution in [3.05, 3.63) is 72.2 Å². The Morgan fingerprint density at radius 1 is 1.00 bits per heavy atom. The number of nitrogens with zero attached hydrogens (tertiary/aromatic N) is 5. The van der Waals surface area contributed by atoms with Gasteiger partial charge in [-0.3, -0.25) is 9.67 Å². The van der Waals surface area contributed by atoms with Crippen LogP contribution in [0.25, 0.3) is 27.9 Å². The molecule has 0 saturated heterocycles. The van der Waals surface area contributed by atoms with E-state index in [-0.39, 0.29) is 12.1 Å². The van der Waals surface area contributed by atoms with Crippen molar-refractivity contribution in [2.24, 2.45) is 7.05 Å². The summed E-state index contributed by atoms with van der Waals surface area (Å²) in [6, 6.07) is 11.6. The predicted octanol–water partition coefficient (Wildman–Crippen LogP) is 6.12. The molecule has 0 spiro atoms. The van der Waals surface area contributed by atoms with Gasteiger partial charge in [-0.1, -0.05) is 12.1 Å². The minimum Gasteiger partial charge on any atom is -0.497 e. The summed E-state index contributed by atoms with van der Waals surface area (Å²) < 4.78 is 18.5. The molecule has 9 nitrogen and oxygen atoms in total. The zero-order valence-electron chi connectivity index (χ0n) is 24.4. The highest BCUT2D eigenvalue weighted by Crippen LogP contribution is 2.32. The molecule has 0 aliphatic carbocycles. The monoisotopic (exact) mass is 543 g/mol. The van der Waals surface area contributed by atoms with E-state index in [2.05, 4.69) is 10.1 Å². The average molecular weight is 544 g/mol. The number of aromatic nitrogens is 4. The van der Waals surface area contributed by atoms with Gasteiger partial charge in [0.05, 0.1) is 43.3 Å². The topological polar surface area (TPSA) is 91.6 Å². The number of hydrogen-bond donors (Lipinski definition) is 0. The van der Waals surface area contributed by atoms with Gasteiger partial charge in [0.2, 0.25) is 0 Å². The lowest BCUT2D eigenvalue weighted by atomic mass is 9.96. The number of hydrogen-bond acceptors (Lipinski definition) is 7. The van der Waals surface area contributed by atoms with E-state index in [1.165, 1.54) is 0 Å². The fraction of sp³-hybridized carbons (Fsp3) is 0.355. The number of fused-ring (bicyclic) bond motifs is 1. The largest absolute Gasteiger partial charge is 0.497 e. The number of amides is 1. The molecule has 2 aromatic heterocycles. The molecule has 2 aromatic carbocycles. The average Bonchev–Trinajstić information content (AvgIpc) is 3.35. The second-order valence-corrected chi connectivity index (χ2v) is 10.8. The third-order valence-corrected chi connectivity index (χ3v) is 6.26. The molecule has 0 saturated carbocycles. The fourth-order valence-corrected chi connectivity index (χ4v) is 4.24. The quantitative estimate of drug-likeness (QED) is 0.264. The van der Waals surface area contributed by atoms with Crippen molar-refractivity contribution in [2.45, 2.75) is 46.3 Å². The van der Waals surface area contributed by atoms with E-state index in [1.807, 2.05) is 90.3 Å². The number of benzene rings is 2. The molecular formula is C31H37N5O4. The number of ether oxygens (including phenoxy) is 3. The lowest BCUT2D eigenvalue weighted by Gasteiger charge is -2.29. The van der Waals surface area contributed by atoms with Crippen LogP contribution in [0, 0.1) is 0 Å². The maximum absolute atomic E-state index is 13.0. The van der Waals surface area contributed by atoms with Crippen molar-refractivity contribution in [2.75, 3.05) is 20.8 Å². The highest BCUT2D eigenvalue weighted by molar-refractivity contribution is 5.87. The lowest BCUT2D eigenvalue weighted by molar-refractivity contribution is 0.0217. The second kappa shape index (κ2) is 11.8. The number of carbonyl (C=O) groups excluding carboxylic acids is 1. The zero-order valence-corrected chi connectivity index (χ0v) is 24.4. The number of aryl methyl sites for hydroxylation is 1. The molecule has 0 bridgehead atoms. The lowest BCUT2D eigenvalue weighted by Crippen LogP contribution is -2.41. The minimum atomic E-state index is -0.597. The van der Waals surface area contributed by atoms with Crippen LogP contribution in [0.5, 0.6) is 11.5 Å². The van der Waals surface area contributed by atoms with E-state index in [1.54, 1.807) is 36.2 Å². The Labute approximate surface area is 235 Å². The van der Waals surface area contributed by atoms with Crippen molar-refractivity contribution >= 4 is 22.7 Å². The maximum atomic E-state index is 13.0. The van der Waals surface area contributed by atoms with Gasteiger partial charge in [0.15, 0.2) is 0 Å². The Hall–Kier alpha value is -4.40. The number of methoxy groups -OCH3 is 2. The molecule has 210 valence electrons. The SMILES string of the molecule is COc1cc(OC)cc(/C(=C\CN(C(=O)OC(C)(C)C)C(C)C)c2ccc3ncc(-c4cnn(C)c4)nc3c2)c1. The van der Waals surface area contributed by atoms with Crippen LogP contribution in [0.4, 0.5) is 4.79 Å². The van der Waals surface area contributed by atoms with E-state index < -0.39 is 5.60 Å². The van der Waals surface area contributed by atoms with Gasteiger partial charge in [-0.15, -0.1) is 0 Å². The van der Waals surface area contributed by atoms with Crippen LogP contribution in [0.1, 0.15) is 45.7 Å². The van der Waals surface area contributed by atoms with Gasteiger partial charge in [0.25, 0.3) is 0 Å². The van der Waals surface area contributed by atoms with E-state index in [0.717, 1.165) is 39.0 Å². The first kappa shape index (κ1) is 28.6. The van der Waals surface area contributed by atoms with Crippen LogP contribution in [0.2, 0.25) is 0 Å². The van der Waals surface area contributed by atoms with Gasteiger partial charge in [-0.25, -0.2) is 9.78 Å². The summed E-state index contributed by atoms with van der Waals surface area (Å²) in [4.78, 5) is 24.2. The molecule has 0 aliphatic heterocycles. The molecule has 4 rings (SSSR count). The fourth-order valence-electron chi connectivity index (χ4n) is 4.24. The van der Waals surface area contributed by atoms with Gasteiger partial charge < -0.3 is 19.1 Å². The first-order chi connectivity index (χ1) is 19.0. The third-order valence-electron chi connectivity index (χ3n) is 6.26. The van der Waals surface area contributed by atoms with Crippen molar-refractivity contribution in [3.63, 3.8) is 0 Å². The normalized spacial score (nSPS) is 12.1. The van der Waals surface area contributed by atoms with Crippen molar-refractivity contribution in [3.8, 4) is 22.8 Å². The summed E-state index contributed by atoms with van der Waals surface area (Å²) >= 11 is 0. The van der Waals surface area contributed by atoms with Gasteiger partial charge in [0, 0.05) is 37.5 Å². The number of rotatable bonds is 8. The Balaban J connectivity index is 1.82. The first-order valence-electron chi connectivity index (χ1n) is 13.2. The van der Waals surface area contributed by atoms with Crippen LogP contribution in [0.15, 0.2) is 61.1 Å². The third kappa shape index (κ3) is 6.77. The van der Waals surface area contributed by atoms with Crippen molar-refractivity contribution in [1.29, 1.82) is 0 Å². The summed E-state index contributed by atoms with van der Waals surface area (Å²) in [7, 11) is 5.11. The second-order valence-electron chi connectivity index (χ2n) is 10.8. The zero-order chi connectivity index (χ0) is 29.0. The summed E-state index contributed by atoms with van der Waals surface area (Å²) in [6.07, 6.45) is 7.09. The Morgan fingerprint density at radius 2 is 1.70 bits per heavy atom. The molecule has 40 heavy (non-hydrogen) atoms. The molecule has 0 aliphatic rings. The predicted molar refractivity (Wildman–Crippen MR) is 156 cm³/mol. The molecule has 0 fully saturated rings. The standard InChI is InChI=1S/C31H37N5O4/c1-20(2)36(30(37)40-31(3,4)5)12-11-26(22-13-24(38-7)16-25(14-22)39-8)21-9-10-27-28(15-21)34-29(18-32-27)23-17-33-35(6)19-23/h9-11,13-20H,12H2,1-8H3/b26-11-. The van der Waals surface area contributed by atoms with E-state index in [9.17, 15) is 4.79 Å². The van der Waals surface area contributed by atoms with Gasteiger partial charge >= 0.3 is 6.09 Å². The van der Waals surface area contributed by atoms with Gasteiger partial charge in [-0.05, 0) is 75.6 Å². The van der Waals surface area contributed by atoms with Crippen molar-refractivity contribution in [1.82, 2.24) is 24.6 Å². The van der Waals surface area contributed by atoms with Crippen LogP contribution >= 0.6 is 0 Å². The van der Waals surface area contributed by atoms with Crippen LogP contribution < -0.4 is 9.47 Å². The van der Waals surface area contributed by atoms with E-state index in [0.29, 0.717) is 18.0 Å². The Kier molecular flexibility index (Phi) is 8.42. The summed E-state index contributed by atoms with van der Waals surface area (Å²) in [5.41, 5.74) is 5.22. The molecule has 9 heteroatoms.